The molecule has 2 aromatic rings. The molecule has 3 rings (SSSR count). The van der Waals surface area contributed by atoms with Gasteiger partial charge in [0.05, 0.1) is 6.10 Å². The third-order valence-corrected chi connectivity index (χ3v) is 8.59. The highest BCUT2D eigenvalue weighted by Gasteiger charge is 2.34. The van der Waals surface area contributed by atoms with Gasteiger partial charge in [-0.15, -0.1) is 11.8 Å². The van der Waals surface area contributed by atoms with Gasteiger partial charge in [0.15, 0.2) is 0 Å². The lowest BCUT2D eigenvalue weighted by Crippen LogP contribution is -2.33. The van der Waals surface area contributed by atoms with Crippen molar-refractivity contribution >= 4 is 31.8 Å². The predicted octanol–water partition coefficient (Wildman–Crippen LogP) is -2.23. The standard InChI is InChI=1S/C18H28N8O5S3/c19-6-7-22-34(30,31)15-5-4-14(11-2-1-3-13(8-11)32-10-12(27)9-20)16(17(15)33(21,28)29)18-23-25-26-24-18/h1-5,8,12,18,22-27H,6-7,9-10,19-20H2,(H2,21,28,29)/t12-/m0/s1. The summed E-state index contributed by atoms with van der Waals surface area (Å²) < 4.78 is 53.6. The minimum absolute atomic E-state index is 0.0256. The number of sulfonamides is 2. The molecular formula is C18H28N8O5S3. The smallest absolute Gasteiger partial charge is 0.241 e. The monoisotopic (exact) mass is 532 g/mol. The van der Waals surface area contributed by atoms with E-state index in [2.05, 4.69) is 26.6 Å². The van der Waals surface area contributed by atoms with E-state index in [4.69, 9.17) is 16.6 Å². The van der Waals surface area contributed by atoms with Crippen LogP contribution in [0.5, 0.6) is 0 Å². The van der Waals surface area contributed by atoms with Crippen LogP contribution in [0.3, 0.4) is 0 Å². The highest BCUT2D eigenvalue weighted by Crippen LogP contribution is 2.37. The zero-order valence-corrected chi connectivity index (χ0v) is 20.4. The average Bonchev–Trinajstić information content (AvgIpc) is 3.34. The molecule has 13 nitrogen and oxygen atoms in total. The summed E-state index contributed by atoms with van der Waals surface area (Å²) in [6, 6.07) is 9.88. The van der Waals surface area contributed by atoms with E-state index in [1.54, 1.807) is 18.2 Å². The van der Waals surface area contributed by atoms with Crippen LogP contribution in [0, 0.1) is 0 Å². The number of rotatable bonds is 11. The third kappa shape index (κ3) is 6.30. The van der Waals surface area contributed by atoms with Gasteiger partial charge in [-0.2, -0.15) is 11.1 Å². The first-order valence-corrected chi connectivity index (χ1v) is 14.1. The van der Waals surface area contributed by atoms with Gasteiger partial charge in [0, 0.05) is 35.8 Å². The van der Waals surface area contributed by atoms with Crippen LogP contribution in [0.1, 0.15) is 11.7 Å². The molecule has 1 saturated heterocycles. The summed E-state index contributed by atoms with van der Waals surface area (Å²) in [4.78, 5) is -0.242. The SMILES string of the molecule is NCCNS(=O)(=O)c1ccc(-c2cccc(SC[C@@H](O)CN)c2)c(C2NNNN2)c1S(N)(=O)=O. The molecule has 16 heteroatoms. The second-order valence-corrected chi connectivity index (χ2v) is 11.6. The summed E-state index contributed by atoms with van der Waals surface area (Å²) in [5.74, 6) is 0.374. The number of nitrogens with one attached hydrogen (secondary N) is 5. The number of hydrogen-bond donors (Lipinski definition) is 9. The molecule has 0 aromatic heterocycles. The van der Waals surface area contributed by atoms with E-state index in [-0.39, 0.29) is 25.2 Å². The van der Waals surface area contributed by atoms with Gasteiger partial charge >= 0.3 is 0 Å². The van der Waals surface area contributed by atoms with Gasteiger partial charge in [-0.25, -0.2) is 37.5 Å². The molecule has 0 radical (unpaired) electrons. The van der Waals surface area contributed by atoms with E-state index >= 15 is 0 Å². The Morgan fingerprint density at radius 1 is 1.09 bits per heavy atom. The zero-order chi connectivity index (χ0) is 24.9. The maximum absolute atomic E-state index is 12.9. The van der Waals surface area contributed by atoms with Gasteiger partial charge in [-0.1, -0.05) is 18.2 Å². The number of hydrazine groups is 3. The molecule has 0 amide bonds. The fourth-order valence-corrected chi connectivity index (χ4v) is 6.91. The molecule has 0 bridgehead atoms. The van der Waals surface area contributed by atoms with Crippen LogP contribution >= 0.6 is 11.8 Å². The van der Waals surface area contributed by atoms with E-state index in [9.17, 15) is 21.9 Å². The summed E-state index contributed by atoms with van der Waals surface area (Å²) >= 11 is 1.38. The number of hydrogen-bond acceptors (Lipinski definition) is 12. The van der Waals surface area contributed by atoms with E-state index in [1.165, 1.54) is 23.9 Å². The molecule has 1 fully saturated rings. The number of nitrogens with two attached hydrogens (primary N) is 3. The van der Waals surface area contributed by atoms with Crippen molar-refractivity contribution in [2.75, 3.05) is 25.4 Å². The van der Waals surface area contributed by atoms with E-state index in [0.717, 1.165) is 4.90 Å². The Bertz CT molecular complexity index is 1220. The minimum atomic E-state index is -4.51. The molecular weight excluding hydrogens is 504 g/mol. The molecule has 1 atom stereocenters. The van der Waals surface area contributed by atoms with Crippen LogP contribution in [0.15, 0.2) is 51.1 Å². The normalized spacial score (nSPS) is 16.1. The molecule has 2 aromatic carbocycles. The highest BCUT2D eigenvalue weighted by molar-refractivity contribution is 7.99. The van der Waals surface area contributed by atoms with Crippen LogP contribution in [0.4, 0.5) is 0 Å². The van der Waals surface area contributed by atoms with Gasteiger partial charge in [0.1, 0.15) is 16.0 Å². The second-order valence-electron chi connectivity index (χ2n) is 7.29. The first-order chi connectivity index (χ1) is 16.1. The Hall–Kier alpha value is -1.67. The zero-order valence-electron chi connectivity index (χ0n) is 18.0. The van der Waals surface area contributed by atoms with Crippen LogP contribution in [-0.4, -0.2) is 53.4 Å². The Morgan fingerprint density at radius 3 is 2.41 bits per heavy atom. The maximum Gasteiger partial charge on any atom is 0.241 e. The van der Waals surface area contributed by atoms with Gasteiger partial charge in [-0.05, 0) is 29.3 Å². The van der Waals surface area contributed by atoms with Crippen molar-refractivity contribution in [1.29, 1.82) is 0 Å². The quantitative estimate of drug-likeness (QED) is 0.140. The van der Waals surface area contributed by atoms with E-state index in [0.29, 0.717) is 16.9 Å². The van der Waals surface area contributed by atoms with Crippen molar-refractivity contribution in [1.82, 2.24) is 26.6 Å². The molecule has 34 heavy (non-hydrogen) atoms. The van der Waals surface area contributed by atoms with Crippen molar-refractivity contribution in [3.63, 3.8) is 0 Å². The number of aliphatic hydroxyl groups is 1. The lowest BCUT2D eigenvalue weighted by atomic mass is 9.98. The van der Waals surface area contributed by atoms with Crippen molar-refractivity contribution in [3.05, 3.63) is 42.0 Å². The highest BCUT2D eigenvalue weighted by atomic mass is 32.2. The first-order valence-electron chi connectivity index (χ1n) is 10.1. The molecule has 0 spiro atoms. The summed E-state index contributed by atoms with van der Waals surface area (Å²) in [5.41, 5.74) is 22.8. The van der Waals surface area contributed by atoms with Crippen molar-refractivity contribution in [2.24, 2.45) is 16.6 Å². The molecule has 0 saturated carbocycles. The van der Waals surface area contributed by atoms with E-state index in [1.807, 2.05) is 6.07 Å². The Kier molecular flexibility index (Phi) is 9.01. The number of benzene rings is 2. The topological polar surface area (TPSA) is 227 Å². The molecule has 1 heterocycles. The van der Waals surface area contributed by atoms with Crippen molar-refractivity contribution in [2.45, 2.75) is 27.0 Å². The average molecular weight is 533 g/mol. The Labute approximate surface area is 202 Å². The third-order valence-electron chi connectivity index (χ3n) is 4.81. The molecule has 0 unspecified atom stereocenters. The summed E-state index contributed by atoms with van der Waals surface area (Å²) in [6.07, 6.45) is -1.53. The number of aliphatic hydroxyl groups excluding tert-OH is 1. The fraction of sp³-hybridized carbons (Fsp3) is 0.333. The first kappa shape index (κ1) is 26.9. The van der Waals surface area contributed by atoms with Gasteiger partial charge in [0.25, 0.3) is 0 Å². The van der Waals surface area contributed by atoms with Gasteiger partial charge in [0.2, 0.25) is 20.0 Å². The Morgan fingerprint density at radius 2 is 1.79 bits per heavy atom. The van der Waals surface area contributed by atoms with Crippen LogP contribution in [-0.2, 0) is 20.0 Å². The number of primary sulfonamides is 1. The molecule has 12 N–H and O–H groups in total. The fourth-order valence-electron chi connectivity index (χ4n) is 3.30. The molecule has 1 aliphatic rings. The van der Waals surface area contributed by atoms with Crippen LogP contribution in [0.2, 0.25) is 0 Å². The molecule has 1 aliphatic heterocycles. The van der Waals surface area contributed by atoms with Gasteiger partial charge < -0.3 is 16.6 Å². The minimum Gasteiger partial charge on any atom is -0.391 e. The lowest BCUT2D eigenvalue weighted by Gasteiger charge is -2.22. The van der Waals surface area contributed by atoms with Crippen molar-refractivity contribution < 1.29 is 21.9 Å². The largest absolute Gasteiger partial charge is 0.391 e. The van der Waals surface area contributed by atoms with Crippen LogP contribution in [0.25, 0.3) is 11.1 Å². The summed E-state index contributed by atoms with van der Waals surface area (Å²) in [5, 5.41) is 15.3. The van der Waals surface area contributed by atoms with Crippen molar-refractivity contribution in [3.8, 4) is 11.1 Å². The van der Waals surface area contributed by atoms with E-state index < -0.39 is 42.1 Å². The second kappa shape index (κ2) is 11.4. The Balaban J connectivity index is 2.21. The lowest BCUT2D eigenvalue weighted by molar-refractivity contribution is 0.208. The predicted molar refractivity (Wildman–Crippen MR) is 129 cm³/mol. The maximum atomic E-state index is 12.9. The van der Waals surface area contributed by atoms with Gasteiger partial charge in [-0.3, -0.25) is 0 Å². The molecule has 188 valence electrons. The number of thioether (sulfide) groups is 1. The van der Waals surface area contributed by atoms with Crippen LogP contribution < -0.4 is 43.2 Å². The molecule has 0 aliphatic carbocycles. The summed E-state index contributed by atoms with van der Waals surface area (Å²) in [7, 11) is -8.76. The summed E-state index contributed by atoms with van der Waals surface area (Å²) in [6.45, 7) is 0.0694.